The third-order valence-electron chi connectivity index (χ3n) is 6.67. The zero-order valence-electron chi connectivity index (χ0n) is 17.8. The second-order valence-electron chi connectivity index (χ2n) is 9.03. The Morgan fingerprint density at radius 3 is 2.62 bits per heavy atom. The van der Waals surface area contributed by atoms with Crippen molar-refractivity contribution in [3.05, 3.63) is 53.7 Å². The largest absolute Gasteiger partial charge is 0.348 e. The molecule has 0 spiro atoms. The Labute approximate surface area is 184 Å². The maximum Gasteiger partial charge on any atom is 0.272 e. The lowest BCUT2D eigenvalue weighted by Crippen LogP contribution is -2.48. The van der Waals surface area contributed by atoms with E-state index in [0.717, 1.165) is 18.9 Å². The van der Waals surface area contributed by atoms with Crippen molar-refractivity contribution in [2.45, 2.75) is 38.6 Å². The van der Waals surface area contributed by atoms with Gasteiger partial charge in [-0.1, -0.05) is 25.1 Å². The summed E-state index contributed by atoms with van der Waals surface area (Å²) in [6.07, 6.45) is 3.29. The first-order valence-corrected chi connectivity index (χ1v) is 10.9. The number of nitrogens with zero attached hydrogens (tertiary/aromatic N) is 2. The highest BCUT2D eigenvalue weighted by Crippen LogP contribution is 2.46. The van der Waals surface area contributed by atoms with E-state index < -0.39 is 11.6 Å². The predicted molar refractivity (Wildman–Crippen MR) is 116 cm³/mol. The van der Waals surface area contributed by atoms with Crippen molar-refractivity contribution in [3.63, 3.8) is 0 Å². The van der Waals surface area contributed by atoms with Gasteiger partial charge in [0.05, 0.1) is 5.52 Å². The van der Waals surface area contributed by atoms with Crippen molar-refractivity contribution < 1.29 is 18.4 Å². The number of likely N-dealkylation sites (tertiary alicyclic amines) is 1. The van der Waals surface area contributed by atoms with E-state index in [1.807, 2.05) is 11.8 Å². The molecule has 2 fully saturated rings. The van der Waals surface area contributed by atoms with Gasteiger partial charge in [0.25, 0.3) is 5.91 Å². The number of amides is 2. The average Bonchev–Trinajstić information content (AvgIpc) is 3.40. The molecule has 1 aromatic heterocycles. The summed E-state index contributed by atoms with van der Waals surface area (Å²) in [7, 11) is 0. The zero-order valence-corrected chi connectivity index (χ0v) is 17.8. The van der Waals surface area contributed by atoms with Gasteiger partial charge in [0.15, 0.2) is 17.3 Å². The van der Waals surface area contributed by atoms with Gasteiger partial charge in [-0.25, -0.2) is 8.78 Å². The number of aromatic nitrogens is 2. The highest BCUT2D eigenvalue weighted by atomic mass is 19.2. The van der Waals surface area contributed by atoms with E-state index in [0.29, 0.717) is 42.4 Å². The van der Waals surface area contributed by atoms with Crippen molar-refractivity contribution in [1.82, 2.24) is 20.4 Å². The molecular weight excluding hydrogens is 414 g/mol. The third-order valence-corrected chi connectivity index (χ3v) is 6.67. The van der Waals surface area contributed by atoms with Crippen molar-refractivity contribution in [3.8, 4) is 11.1 Å². The van der Waals surface area contributed by atoms with Crippen LogP contribution in [0.3, 0.4) is 0 Å². The first kappa shape index (κ1) is 20.6. The molecule has 1 saturated heterocycles. The SMILES string of the molecule is CC1(C(=O)N2CCC(NC(=O)c3n[nH]c4ccc(-c5cccc(F)c5F)cc34)CC2)CC1. The van der Waals surface area contributed by atoms with Crippen LogP contribution in [0.2, 0.25) is 0 Å². The molecular formula is C24H24F2N4O2. The van der Waals surface area contributed by atoms with E-state index >= 15 is 0 Å². The summed E-state index contributed by atoms with van der Waals surface area (Å²) >= 11 is 0. The number of fused-ring (bicyclic) bond motifs is 1. The quantitative estimate of drug-likeness (QED) is 0.646. The number of benzene rings is 2. The van der Waals surface area contributed by atoms with E-state index in [2.05, 4.69) is 15.5 Å². The number of nitrogens with one attached hydrogen (secondary N) is 2. The summed E-state index contributed by atoms with van der Waals surface area (Å²) < 4.78 is 27.9. The van der Waals surface area contributed by atoms with Crippen LogP contribution in [0.5, 0.6) is 0 Å². The Balaban J connectivity index is 1.31. The maximum absolute atomic E-state index is 14.2. The number of hydrogen-bond donors (Lipinski definition) is 2. The molecule has 166 valence electrons. The normalized spacial score (nSPS) is 18.0. The van der Waals surface area contributed by atoms with Gasteiger partial charge in [-0.05, 0) is 49.4 Å². The molecule has 2 N–H and O–H groups in total. The first-order valence-electron chi connectivity index (χ1n) is 10.9. The van der Waals surface area contributed by atoms with Crippen molar-refractivity contribution in [2.24, 2.45) is 5.41 Å². The van der Waals surface area contributed by atoms with Gasteiger partial charge >= 0.3 is 0 Å². The van der Waals surface area contributed by atoms with Crippen LogP contribution in [0.25, 0.3) is 22.0 Å². The standard InChI is InChI=1S/C24H24F2N4O2/c1-24(9-10-24)23(32)30-11-7-15(8-12-30)27-22(31)21-17-13-14(5-6-19(17)28-29-21)16-3-2-4-18(25)20(16)26/h2-6,13,15H,7-12H2,1H3,(H,27,31)(H,28,29). The molecule has 2 aromatic carbocycles. The molecule has 0 radical (unpaired) electrons. The molecule has 2 amide bonds. The molecule has 2 aliphatic rings. The number of H-pyrrole nitrogens is 1. The van der Waals surface area contributed by atoms with Crippen LogP contribution in [-0.2, 0) is 4.79 Å². The Morgan fingerprint density at radius 1 is 1.16 bits per heavy atom. The second kappa shape index (κ2) is 7.69. The van der Waals surface area contributed by atoms with Gasteiger partial charge in [0, 0.05) is 35.5 Å². The minimum absolute atomic E-state index is 0.0471. The summed E-state index contributed by atoms with van der Waals surface area (Å²) in [5.41, 5.74) is 1.26. The molecule has 0 bridgehead atoms. The van der Waals surface area contributed by atoms with Crippen LogP contribution in [-0.4, -0.2) is 46.0 Å². The van der Waals surface area contributed by atoms with Gasteiger partial charge in [-0.15, -0.1) is 0 Å². The number of carbonyl (C=O) groups excluding carboxylic acids is 2. The van der Waals surface area contributed by atoms with Crippen molar-refractivity contribution >= 4 is 22.7 Å². The fourth-order valence-corrected chi connectivity index (χ4v) is 4.35. The van der Waals surface area contributed by atoms with Gasteiger partial charge in [0.1, 0.15) is 0 Å². The van der Waals surface area contributed by atoms with Crippen LogP contribution >= 0.6 is 0 Å². The van der Waals surface area contributed by atoms with E-state index in [1.165, 1.54) is 12.1 Å². The number of rotatable bonds is 4. The van der Waals surface area contributed by atoms with Crippen LogP contribution in [0.4, 0.5) is 8.78 Å². The number of hydrogen-bond acceptors (Lipinski definition) is 3. The second-order valence-corrected chi connectivity index (χ2v) is 9.03. The Kier molecular flexibility index (Phi) is 4.95. The van der Waals surface area contributed by atoms with Gasteiger partial charge in [0.2, 0.25) is 5.91 Å². The fourth-order valence-electron chi connectivity index (χ4n) is 4.35. The van der Waals surface area contributed by atoms with Crippen molar-refractivity contribution in [2.75, 3.05) is 13.1 Å². The lowest BCUT2D eigenvalue weighted by molar-refractivity contribution is -0.137. The van der Waals surface area contributed by atoms with Crippen LogP contribution in [0.1, 0.15) is 43.1 Å². The molecule has 1 saturated carbocycles. The molecule has 1 aliphatic carbocycles. The number of halogens is 2. The highest BCUT2D eigenvalue weighted by Gasteiger charge is 2.47. The topological polar surface area (TPSA) is 78.1 Å². The number of piperidine rings is 1. The van der Waals surface area contributed by atoms with Gasteiger partial charge in [-0.2, -0.15) is 5.10 Å². The average molecular weight is 438 g/mol. The summed E-state index contributed by atoms with van der Waals surface area (Å²) in [6.45, 7) is 3.27. The summed E-state index contributed by atoms with van der Waals surface area (Å²) in [4.78, 5) is 27.3. The summed E-state index contributed by atoms with van der Waals surface area (Å²) in [6, 6.07) is 8.96. The van der Waals surface area contributed by atoms with Crippen LogP contribution in [0, 0.1) is 17.0 Å². The maximum atomic E-state index is 14.2. The minimum Gasteiger partial charge on any atom is -0.348 e. The predicted octanol–water partition coefficient (Wildman–Crippen LogP) is 4.03. The first-order chi connectivity index (χ1) is 15.4. The molecule has 1 aliphatic heterocycles. The fraction of sp³-hybridized carbons (Fsp3) is 0.375. The molecule has 5 rings (SSSR count). The Bertz CT molecular complexity index is 1210. The minimum atomic E-state index is -0.928. The Morgan fingerprint density at radius 2 is 1.91 bits per heavy atom. The summed E-state index contributed by atoms with van der Waals surface area (Å²) in [5.74, 6) is -1.96. The van der Waals surface area contributed by atoms with E-state index in [-0.39, 0.29) is 34.5 Å². The lowest BCUT2D eigenvalue weighted by atomic mass is 10.0. The highest BCUT2D eigenvalue weighted by molar-refractivity contribution is 6.05. The molecule has 0 unspecified atom stereocenters. The molecule has 6 nitrogen and oxygen atoms in total. The van der Waals surface area contributed by atoms with Gasteiger partial charge < -0.3 is 10.2 Å². The Hall–Kier alpha value is -3.29. The van der Waals surface area contributed by atoms with E-state index in [1.54, 1.807) is 18.2 Å². The zero-order chi connectivity index (χ0) is 22.5. The monoisotopic (exact) mass is 438 g/mol. The lowest BCUT2D eigenvalue weighted by Gasteiger charge is -2.34. The van der Waals surface area contributed by atoms with Crippen LogP contribution in [0.15, 0.2) is 36.4 Å². The third kappa shape index (κ3) is 3.63. The molecule has 8 heteroatoms. The number of aromatic amines is 1. The molecule has 0 atom stereocenters. The van der Waals surface area contributed by atoms with E-state index in [9.17, 15) is 18.4 Å². The van der Waals surface area contributed by atoms with E-state index in [4.69, 9.17) is 0 Å². The summed E-state index contributed by atoms with van der Waals surface area (Å²) in [5, 5.41) is 10.5. The van der Waals surface area contributed by atoms with Crippen molar-refractivity contribution in [1.29, 1.82) is 0 Å². The number of carbonyl (C=O) groups is 2. The smallest absolute Gasteiger partial charge is 0.272 e. The molecule has 32 heavy (non-hydrogen) atoms. The molecule has 3 aromatic rings. The van der Waals surface area contributed by atoms with Gasteiger partial charge in [-0.3, -0.25) is 14.7 Å². The van der Waals surface area contributed by atoms with Crippen LogP contribution < -0.4 is 5.32 Å². The molecule has 2 heterocycles.